The first kappa shape index (κ1) is 9.77. The van der Waals surface area contributed by atoms with Crippen molar-refractivity contribution in [2.24, 2.45) is 0 Å². The van der Waals surface area contributed by atoms with Crippen LogP contribution in [0.4, 0.5) is 5.82 Å². The molecule has 6 heteroatoms. The van der Waals surface area contributed by atoms with Crippen molar-refractivity contribution in [3.05, 3.63) is 35.2 Å². The normalized spacial score (nSPS) is 16.2. The van der Waals surface area contributed by atoms with Gasteiger partial charge in [0.05, 0.1) is 16.7 Å². The summed E-state index contributed by atoms with van der Waals surface area (Å²) in [5, 5.41) is 7.81. The summed E-state index contributed by atoms with van der Waals surface area (Å²) in [5.41, 5.74) is 0. The highest BCUT2D eigenvalue weighted by Gasteiger charge is 2.30. The predicted octanol–water partition coefficient (Wildman–Crippen LogP) is 1.50. The molecule has 1 aliphatic heterocycles. The molecule has 3 heterocycles. The second kappa shape index (κ2) is 3.86. The van der Waals surface area contributed by atoms with Crippen LogP contribution in [0.25, 0.3) is 0 Å². The third kappa shape index (κ3) is 1.59. The molecule has 0 atom stereocenters. The van der Waals surface area contributed by atoms with E-state index < -0.39 is 0 Å². The van der Waals surface area contributed by atoms with Gasteiger partial charge in [-0.1, -0.05) is 5.21 Å². The molecule has 0 aliphatic carbocycles. The lowest BCUT2D eigenvalue weighted by molar-refractivity contribution is 0.358. The van der Waals surface area contributed by atoms with E-state index in [9.17, 15) is 0 Å². The van der Waals surface area contributed by atoms with E-state index >= 15 is 0 Å². The van der Waals surface area contributed by atoms with Gasteiger partial charge in [0.1, 0.15) is 5.82 Å². The Hall–Kier alpha value is -1.43. The Morgan fingerprint density at radius 2 is 2.19 bits per heavy atom. The number of rotatable bonds is 2. The van der Waals surface area contributed by atoms with Crippen molar-refractivity contribution >= 4 is 21.7 Å². The maximum Gasteiger partial charge on any atom is 0.143 e. The molecule has 0 aromatic carbocycles. The van der Waals surface area contributed by atoms with Crippen LogP contribution in [0.2, 0.25) is 0 Å². The Morgan fingerprint density at radius 1 is 1.31 bits per heavy atom. The van der Waals surface area contributed by atoms with E-state index in [1.54, 1.807) is 6.20 Å². The van der Waals surface area contributed by atoms with E-state index in [1.807, 2.05) is 29.2 Å². The summed E-state index contributed by atoms with van der Waals surface area (Å²) < 4.78 is 2.93. The highest BCUT2D eigenvalue weighted by atomic mass is 79.9. The first-order chi connectivity index (χ1) is 7.84. The maximum absolute atomic E-state index is 4.35. The molecule has 3 rings (SSSR count). The summed E-state index contributed by atoms with van der Waals surface area (Å²) in [6.45, 7) is 1.86. The minimum absolute atomic E-state index is 0.413. The molecule has 0 bridgehead atoms. The second-order valence-electron chi connectivity index (χ2n) is 3.75. The molecule has 0 saturated carbocycles. The van der Waals surface area contributed by atoms with Crippen LogP contribution in [-0.2, 0) is 0 Å². The molecule has 0 radical (unpaired) electrons. The van der Waals surface area contributed by atoms with Crippen molar-refractivity contribution in [2.75, 3.05) is 18.0 Å². The van der Waals surface area contributed by atoms with E-state index in [1.165, 1.54) is 0 Å². The van der Waals surface area contributed by atoms with E-state index in [2.05, 4.69) is 36.1 Å². The average Bonchev–Trinajstić information content (AvgIpc) is 2.72. The fourth-order valence-electron chi connectivity index (χ4n) is 1.82. The van der Waals surface area contributed by atoms with Crippen LogP contribution in [0.1, 0.15) is 6.04 Å². The monoisotopic (exact) mass is 279 g/mol. The maximum atomic E-state index is 4.35. The molecule has 82 valence electrons. The Labute approximate surface area is 101 Å². The Kier molecular flexibility index (Phi) is 2.36. The highest BCUT2D eigenvalue weighted by molar-refractivity contribution is 9.10. The van der Waals surface area contributed by atoms with E-state index in [0.29, 0.717) is 6.04 Å². The molecule has 0 spiro atoms. The fourth-order valence-corrected chi connectivity index (χ4v) is 2.32. The second-order valence-corrected chi connectivity index (χ2v) is 4.61. The van der Waals surface area contributed by atoms with Crippen molar-refractivity contribution in [2.45, 2.75) is 6.04 Å². The van der Waals surface area contributed by atoms with Gasteiger partial charge in [-0.15, -0.1) is 5.10 Å². The third-order valence-electron chi connectivity index (χ3n) is 2.72. The predicted molar refractivity (Wildman–Crippen MR) is 63.2 cm³/mol. The fraction of sp³-hybridized carbons (Fsp3) is 0.300. The Morgan fingerprint density at radius 3 is 2.88 bits per heavy atom. The molecule has 0 unspecified atom stereocenters. The van der Waals surface area contributed by atoms with Crippen molar-refractivity contribution in [1.82, 2.24) is 20.0 Å². The molecule has 0 N–H and O–H groups in total. The number of halogens is 1. The van der Waals surface area contributed by atoms with Gasteiger partial charge in [0.2, 0.25) is 0 Å². The topological polar surface area (TPSA) is 46.8 Å². The van der Waals surface area contributed by atoms with Crippen molar-refractivity contribution in [1.29, 1.82) is 0 Å². The summed E-state index contributed by atoms with van der Waals surface area (Å²) in [4.78, 5) is 6.57. The van der Waals surface area contributed by atoms with Crippen LogP contribution < -0.4 is 4.90 Å². The molecule has 0 amide bonds. The zero-order chi connectivity index (χ0) is 11.0. The molecule has 5 nitrogen and oxygen atoms in total. The van der Waals surface area contributed by atoms with Gasteiger partial charge in [-0.3, -0.25) is 0 Å². The van der Waals surface area contributed by atoms with Gasteiger partial charge in [-0.2, -0.15) is 0 Å². The van der Waals surface area contributed by atoms with Gasteiger partial charge in [-0.05, 0) is 28.1 Å². The van der Waals surface area contributed by atoms with Crippen LogP contribution in [0.15, 0.2) is 35.2 Å². The van der Waals surface area contributed by atoms with Crippen LogP contribution in [-0.4, -0.2) is 33.1 Å². The first-order valence-corrected chi connectivity index (χ1v) is 5.85. The molecular formula is C10H10BrN5. The van der Waals surface area contributed by atoms with Gasteiger partial charge < -0.3 is 4.90 Å². The number of pyridine rings is 1. The van der Waals surface area contributed by atoms with Gasteiger partial charge in [0.25, 0.3) is 0 Å². The summed E-state index contributed by atoms with van der Waals surface area (Å²) in [5.74, 6) is 0.999. The number of hydrogen-bond acceptors (Lipinski definition) is 4. The lowest BCUT2D eigenvalue weighted by Gasteiger charge is -2.40. The molecule has 1 aliphatic rings. The van der Waals surface area contributed by atoms with Crippen LogP contribution in [0, 0.1) is 0 Å². The zero-order valence-electron chi connectivity index (χ0n) is 8.49. The molecule has 1 saturated heterocycles. The SMILES string of the molecule is Brc1cccnc1N1CC(n2ccnn2)C1. The number of hydrogen-bond donors (Lipinski definition) is 0. The Bertz CT molecular complexity index is 478. The third-order valence-corrected chi connectivity index (χ3v) is 3.33. The lowest BCUT2D eigenvalue weighted by Crippen LogP contribution is -2.48. The van der Waals surface area contributed by atoms with Gasteiger partial charge in [-0.25, -0.2) is 9.67 Å². The smallest absolute Gasteiger partial charge is 0.143 e. The zero-order valence-corrected chi connectivity index (χ0v) is 10.1. The molecule has 1 fully saturated rings. The van der Waals surface area contributed by atoms with Gasteiger partial charge in [0.15, 0.2) is 0 Å². The number of nitrogens with zero attached hydrogens (tertiary/aromatic N) is 5. The van der Waals surface area contributed by atoms with E-state index in [0.717, 1.165) is 23.4 Å². The van der Waals surface area contributed by atoms with E-state index in [-0.39, 0.29) is 0 Å². The van der Waals surface area contributed by atoms with Crippen molar-refractivity contribution < 1.29 is 0 Å². The largest absolute Gasteiger partial charge is 0.351 e. The summed E-state index contributed by atoms with van der Waals surface area (Å²) in [6.07, 6.45) is 5.41. The number of anilines is 1. The molecular weight excluding hydrogens is 270 g/mol. The minimum atomic E-state index is 0.413. The van der Waals surface area contributed by atoms with Crippen molar-refractivity contribution in [3.63, 3.8) is 0 Å². The molecule has 16 heavy (non-hydrogen) atoms. The highest BCUT2D eigenvalue weighted by Crippen LogP contribution is 2.30. The van der Waals surface area contributed by atoms with Crippen LogP contribution >= 0.6 is 15.9 Å². The summed E-state index contributed by atoms with van der Waals surface area (Å²) >= 11 is 3.50. The van der Waals surface area contributed by atoms with Gasteiger partial charge >= 0.3 is 0 Å². The minimum Gasteiger partial charge on any atom is -0.351 e. The molecule has 2 aromatic heterocycles. The van der Waals surface area contributed by atoms with Crippen molar-refractivity contribution in [3.8, 4) is 0 Å². The summed E-state index contributed by atoms with van der Waals surface area (Å²) in [7, 11) is 0. The average molecular weight is 280 g/mol. The standard InChI is InChI=1S/C10H10BrN5/c11-9-2-1-3-12-10(9)15-6-8(7-15)16-5-4-13-14-16/h1-5,8H,6-7H2. The Balaban J connectivity index is 1.72. The van der Waals surface area contributed by atoms with Crippen LogP contribution in [0.3, 0.4) is 0 Å². The van der Waals surface area contributed by atoms with Crippen LogP contribution in [0.5, 0.6) is 0 Å². The number of aromatic nitrogens is 4. The van der Waals surface area contributed by atoms with E-state index in [4.69, 9.17) is 0 Å². The quantitative estimate of drug-likeness (QED) is 0.836. The molecule has 2 aromatic rings. The first-order valence-electron chi connectivity index (χ1n) is 5.06. The lowest BCUT2D eigenvalue weighted by atomic mass is 10.1. The van der Waals surface area contributed by atoms with Gasteiger partial charge in [0, 0.05) is 25.5 Å². The summed E-state index contributed by atoms with van der Waals surface area (Å²) in [6, 6.07) is 4.34.